The standard InChI is InChI=1S/C6H11NO2/c1-7(4-9)6-2-5(6)3-8/h4-6,8H,2-3H2,1H3. The molecule has 1 aliphatic carbocycles. The summed E-state index contributed by atoms with van der Waals surface area (Å²) in [6.45, 7) is 0.211. The number of hydrogen-bond acceptors (Lipinski definition) is 2. The van der Waals surface area contributed by atoms with E-state index in [1.807, 2.05) is 0 Å². The van der Waals surface area contributed by atoms with E-state index in [0.717, 1.165) is 12.8 Å². The van der Waals surface area contributed by atoms with Crippen molar-refractivity contribution in [3.05, 3.63) is 0 Å². The van der Waals surface area contributed by atoms with Crippen LogP contribution in [0.3, 0.4) is 0 Å². The van der Waals surface area contributed by atoms with Crippen molar-refractivity contribution in [3.63, 3.8) is 0 Å². The summed E-state index contributed by atoms with van der Waals surface area (Å²) >= 11 is 0. The van der Waals surface area contributed by atoms with Crippen LogP contribution in [-0.4, -0.2) is 36.1 Å². The molecule has 1 rings (SSSR count). The van der Waals surface area contributed by atoms with Crippen molar-refractivity contribution in [3.8, 4) is 0 Å². The smallest absolute Gasteiger partial charge is 0.209 e. The summed E-state index contributed by atoms with van der Waals surface area (Å²) in [6, 6.07) is 0.312. The molecule has 0 heterocycles. The second kappa shape index (κ2) is 2.35. The quantitative estimate of drug-likeness (QED) is 0.520. The predicted molar refractivity (Wildman–Crippen MR) is 32.8 cm³/mol. The van der Waals surface area contributed by atoms with Crippen LogP contribution < -0.4 is 0 Å². The summed E-state index contributed by atoms with van der Waals surface area (Å²) < 4.78 is 0. The molecular weight excluding hydrogens is 118 g/mol. The SMILES string of the molecule is CN(C=O)C1CC1CO. The van der Waals surface area contributed by atoms with Crippen LogP contribution in [0.4, 0.5) is 0 Å². The van der Waals surface area contributed by atoms with E-state index >= 15 is 0 Å². The Kier molecular flexibility index (Phi) is 1.71. The van der Waals surface area contributed by atoms with Crippen molar-refractivity contribution < 1.29 is 9.90 Å². The highest BCUT2D eigenvalue weighted by atomic mass is 16.3. The molecule has 1 aliphatic rings. The average Bonchev–Trinajstić information content (AvgIpc) is 2.64. The number of rotatable bonds is 3. The Morgan fingerprint density at radius 2 is 2.56 bits per heavy atom. The second-order valence-electron chi connectivity index (χ2n) is 2.52. The van der Waals surface area contributed by atoms with Crippen LogP contribution in [0.15, 0.2) is 0 Å². The predicted octanol–water partition coefficient (Wildman–Crippen LogP) is -0.545. The topological polar surface area (TPSA) is 40.5 Å². The molecule has 1 N–H and O–H groups in total. The lowest BCUT2D eigenvalue weighted by molar-refractivity contribution is -0.117. The van der Waals surface area contributed by atoms with Gasteiger partial charge in [-0.15, -0.1) is 0 Å². The van der Waals surface area contributed by atoms with E-state index in [2.05, 4.69) is 0 Å². The van der Waals surface area contributed by atoms with Gasteiger partial charge in [0.15, 0.2) is 0 Å². The van der Waals surface area contributed by atoms with Crippen molar-refractivity contribution in [2.75, 3.05) is 13.7 Å². The summed E-state index contributed by atoms with van der Waals surface area (Å²) in [5, 5.41) is 8.58. The summed E-state index contributed by atoms with van der Waals surface area (Å²) in [4.78, 5) is 11.7. The van der Waals surface area contributed by atoms with Gasteiger partial charge in [-0.25, -0.2) is 0 Å². The first-order chi connectivity index (χ1) is 4.29. The van der Waals surface area contributed by atoms with Gasteiger partial charge in [-0.1, -0.05) is 0 Å². The zero-order valence-corrected chi connectivity index (χ0v) is 5.45. The Morgan fingerprint density at radius 1 is 1.89 bits per heavy atom. The molecule has 52 valence electrons. The monoisotopic (exact) mass is 129 g/mol. The van der Waals surface area contributed by atoms with Crippen molar-refractivity contribution in [1.82, 2.24) is 4.90 Å². The van der Waals surface area contributed by atoms with E-state index < -0.39 is 0 Å². The van der Waals surface area contributed by atoms with Crippen molar-refractivity contribution in [2.45, 2.75) is 12.5 Å². The molecule has 2 unspecified atom stereocenters. The van der Waals surface area contributed by atoms with E-state index in [1.165, 1.54) is 0 Å². The van der Waals surface area contributed by atoms with E-state index in [0.29, 0.717) is 12.0 Å². The first-order valence-corrected chi connectivity index (χ1v) is 3.07. The number of hydrogen-bond donors (Lipinski definition) is 1. The number of aliphatic hydroxyl groups excluding tert-OH is 1. The molecule has 1 saturated carbocycles. The van der Waals surface area contributed by atoms with Crippen LogP contribution in [0.2, 0.25) is 0 Å². The lowest BCUT2D eigenvalue weighted by Crippen LogP contribution is -2.20. The summed E-state index contributed by atoms with van der Waals surface area (Å²) in [6.07, 6.45) is 1.77. The third kappa shape index (κ3) is 1.21. The van der Waals surface area contributed by atoms with Crippen LogP contribution in [0, 0.1) is 5.92 Å². The summed E-state index contributed by atoms with van der Waals surface area (Å²) in [7, 11) is 1.74. The van der Waals surface area contributed by atoms with Crippen molar-refractivity contribution in [2.24, 2.45) is 5.92 Å². The lowest BCUT2D eigenvalue weighted by atomic mass is 10.4. The van der Waals surface area contributed by atoms with Crippen LogP contribution in [0.1, 0.15) is 6.42 Å². The minimum atomic E-state index is 0.211. The van der Waals surface area contributed by atoms with Crippen molar-refractivity contribution >= 4 is 6.41 Å². The molecule has 0 radical (unpaired) electrons. The molecular formula is C6H11NO2. The first-order valence-electron chi connectivity index (χ1n) is 3.07. The van der Waals surface area contributed by atoms with Crippen LogP contribution >= 0.6 is 0 Å². The van der Waals surface area contributed by atoms with Gasteiger partial charge in [0.2, 0.25) is 6.41 Å². The van der Waals surface area contributed by atoms with Gasteiger partial charge in [-0.3, -0.25) is 4.79 Å². The van der Waals surface area contributed by atoms with Gasteiger partial charge >= 0.3 is 0 Å². The number of carbonyl (C=O) groups excluding carboxylic acids is 1. The number of aliphatic hydroxyl groups is 1. The molecule has 1 amide bonds. The molecule has 1 fully saturated rings. The van der Waals surface area contributed by atoms with Gasteiger partial charge in [-0.2, -0.15) is 0 Å². The van der Waals surface area contributed by atoms with E-state index in [1.54, 1.807) is 11.9 Å². The fraction of sp³-hybridized carbons (Fsp3) is 0.833. The molecule has 0 spiro atoms. The zero-order chi connectivity index (χ0) is 6.85. The highest BCUT2D eigenvalue weighted by Crippen LogP contribution is 2.33. The third-order valence-electron chi connectivity index (χ3n) is 1.81. The maximum absolute atomic E-state index is 10.1. The molecule has 3 heteroatoms. The van der Waals surface area contributed by atoms with Gasteiger partial charge in [-0.05, 0) is 6.42 Å². The van der Waals surface area contributed by atoms with E-state index in [-0.39, 0.29) is 6.61 Å². The lowest BCUT2D eigenvalue weighted by Gasteiger charge is -2.07. The normalized spacial score (nSPS) is 31.8. The molecule has 0 aromatic heterocycles. The highest BCUT2D eigenvalue weighted by Gasteiger charge is 2.39. The van der Waals surface area contributed by atoms with Gasteiger partial charge < -0.3 is 10.0 Å². The molecule has 9 heavy (non-hydrogen) atoms. The molecule has 0 saturated heterocycles. The van der Waals surface area contributed by atoms with Crippen molar-refractivity contribution in [1.29, 1.82) is 0 Å². The van der Waals surface area contributed by atoms with E-state index in [4.69, 9.17) is 5.11 Å². The number of nitrogens with zero attached hydrogens (tertiary/aromatic N) is 1. The Bertz CT molecular complexity index is 116. The third-order valence-corrected chi connectivity index (χ3v) is 1.81. The Balaban J connectivity index is 2.24. The summed E-state index contributed by atoms with van der Waals surface area (Å²) in [5.74, 6) is 0.347. The Morgan fingerprint density at radius 3 is 2.89 bits per heavy atom. The van der Waals surface area contributed by atoms with Crippen LogP contribution in [0.25, 0.3) is 0 Å². The number of carbonyl (C=O) groups is 1. The minimum absolute atomic E-state index is 0.211. The minimum Gasteiger partial charge on any atom is -0.396 e. The average molecular weight is 129 g/mol. The fourth-order valence-corrected chi connectivity index (χ4v) is 1.00. The van der Waals surface area contributed by atoms with Crippen LogP contribution in [-0.2, 0) is 4.79 Å². The first kappa shape index (κ1) is 6.55. The maximum atomic E-state index is 10.1. The largest absolute Gasteiger partial charge is 0.396 e. The molecule has 2 atom stereocenters. The Hall–Kier alpha value is -0.570. The maximum Gasteiger partial charge on any atom is 0.209 e. The molecule has 0 aromatic carbocycles. The fourth-order valence-electron chi connectivity index (χ4n) is 1.00. The molecule has 0 aromatic rings. The zero-order valence-electron chi connectivity index (χ0n) is 5.45. The van der Waals surface area contributed by atoms with Gasteiger partial charge in [0, 0.05) is 25.6 Å². The number of amides is 1. The second-order valence-corrected chi connectivity index (χ2v) is 2.52. The van der Waals surface area contributed by atoms with Gasteiger partial charge in [0.25, 0.3) is 0 Å². The molecule has 0 aliphatic heterocycles. The van der Waals surface area contributed by atoms with Crippen LogP contribution in [0.5, 0.6) is 0 Å². The van der Waals surface area contributed by atoms with E-state index in [9.17, 15) is 4.79 Å². The Labute approximate surface area is 54.3 Å². The molecule has 3 nitrogen and oxygen atoms in total. The van der Waals surface area contributed by atoms with Gasteiger partial charge in [0.1, 0.15) is 0 Å². The van der Waals surface area contributed by atoms with Gasteiger partial charge in [0.05, 0.1) is 0 Å². The molecule has 0 bridgehead atoms. The highest BCUT2D eigenvalue weighted by molar-refractivity contribution is 5.48. The summed E-state index contributed by atoms with van der Waals surface area (Å²) in [5.41, 5.74) is 0.